The highest BCUT2D eigenvalue weighted by Gasteiger charge is 2.56. The Morgan fingerprint density at radius 2 is 1.92 bits per heavy atom. The number of nitrogens with zero attached hydrogens (tertiary/aromatic N) is 3. The summed E-state index contributed by atoms with van der Waals surface area (Å²) >= 11 is 5.85. The van der Waals surface area contributed by atoms with Crippen LogP contribution in [0.25, 0.3) is 0 Å². The molecule has 1 aromatic rings. The van der Waals surface area contributed by atoms with Crippen LogP contribution in [0.4, 0.5) is 4.79 Å². The van der Waals surface area contributed by atoms with Crippen LogP contribution in [0.1, 0.15) is 50.3 Å². The molecule has 4 bridgehead atoms. The fraction of sp³-hybridized carbons (Fsp3) is 0.737. The zero-order valence-corrected chi connectivity index (χ0v) is 15.4. The minimum absolute atomic E-state index is 0.0230. The van der Waals surface area contributed by atoms with Crippen LogP contribution < -0.4 is 0 Å². The topological polar surface area (TPSA) is 75.6 Å². The number of ether oxygens (including phenoxy) is 1. The number of hydrogen-bond acceptors (Lipinski definition) is 5. The van der Waals surface area contributed by atoms with Crippen molar-refractivity contribution in [1.82, 2.24) is 14.9 Å². The molecule has 1 aromatic heterocycles. The van der Waals surface area contributed by atoms with Gasteiger partial charge in [-0.25, -0.2) is 14.8 Å². The monoisotopic (exact) mass is 377 g/mol. The smallest absolute Gasteiger partial charge is 0.410 e. The van der Waals surface area contributed by atoms with Crippen molar-refractivity contribution in [3.05, 3.63) is 23.2 Å². The van der Waals surface area contributed by atoms with Crippen molar-refractivity contribution in [2.45, 2.75) is 56.1 Å². The molecule has 26 heavy (non-hydrogen) atoms. The van der Waals surface area contributed by atoms with Gasteiger partial charge in [0.15, 0.2) is 0 Å². The number of halogens is 1. The first kappa shape index (κ1) is 16.8. The zero-order chi connectivity index (χ0) is 17.9. The highest BCUT2D eigenvalue weighted by Crippen LogP contribution is 2.56. The molecule has 4 saturated carbocycles. The van der Waals surface area contributed by atoms with Gasteiger partial charge in [0.05, 0.1) is 10.6 Å². The molecule has 1 amide bonds. The standard InChI is InChI=1S/C19H24ClN3O3/c20-15-8-21-17(22-9-15)12-1-2-23(10-12)18(24)26-16-13-3-11-4-14(16)7-19(25,5-11)6-13/h8-9,11-14,16,25H,1-7,10H2/t11?,12?,13-,14+,16?,19?. The van der Waals surface area contributed by atoms with E-state index in [1.54, 1.807) is 17.3 Å². The lowest BCUT2D eigenvalue weighted by Crippen LogP contribution is -2.58. The Morgan fingerprint density at radius 3 is 2.58 bits per heavy atom. The summed E-state index contributed by atoms with van der Waals surface area (Å²) in [6.07, 6.45) is 8.52. The average molecular weight is 378 g/mol. The van der Waals surface area contributed by atoms with Crippen LogP contribution in [-0.4, -0.2) is 50.9 Å². The third kappa shape index (κ3) is 2.87. The van der Waals surface area contributed by atoms with Crippen LogP contribution in [0, 0.1) is 17.8 Å². The number of carbonyl (C=O) groups is 1. The zero-order valence-electron chi connectivity index (χ0n) is 14.7. The lowest BCUT2D eigenvalue weighted by atomic mass is 9.53. The van der Waals surface area contributed by atoms with Gasteiger partial charge in [-0.2, -0.15) is 0 Å². The van der Waals surface area contributed by atoms with Crippen molar-refractivity contribution in [3.8, 4) is 0 Å². The molecule has 0 spiro atoms. The third-order valence-corrected chi connectivity index (χ3v) is 7.04. The molecular formula is C19H24ClN3O3. The van der Waals surface area contributed by atoms with Crippen molar-refractivity contribution < 1.29 is 14.6 Å². The molecule has 5 fully saturated rings. The van der Waals surface area contributed by atoms with Gasteiger partial charge in [-0.05, 0) is 56.3 Å². The summed E-state index contributed by atoms with van der Waals surface area (Å²) in [5.74, 6) is 2.15. The van der Waals surface area contributed by atoms with Gasteiger partial charge in [0.25, 0.3) is 0 Å². The van der Waals surface area contributed by atoms with Gasteiger partial charge in [0, 0.05) is 31.4 Å². The minimum Gasteiger partial charge on any atom is -0.446 e. The number of carbonyl (C=O) groups excluding carboxylic acids is 1. The van der Waals surface area contributed by atoms with Crippen LogP contribution in [0.5, 0.6) is 0 Å². The molecule has 4 unspecified atom stereocenters. The molecule has 6 rings (SSSR count). The third-order valence-electron chi connectivity index (χ3n) is 6.84. The van der Waals surface area contributed by atoms with E-state index < -0.39 is 5.60 Å². The highest BCUT2D eigenvalue weighted by atomic mass is 35.5. The first-order valence-corrected chi connectivity index (χ1v) is 10.0. The fourth-order valence-corrected chi connectivity index (χ4v) is 6.09. The quantitative estimate of drug-likeness (QED) is 0.857. The Kier molecular flexibility index (Phi) is 3.90. The first-order valence-electron chi connectivity index (χ1n) is 9.64. The summed E-state index contributed by atoms with van der Waals surface area (Å²) in [7, 11) is 0. The molecule has 1 aliphatic heterocycles. The van der Waals surface area contributed by atoms with Gasteiger partial charge in [-0.15, -0.1) is 0 Å². The van der Waals surface area contributed by atoms with Gasteiger partial charge in [0.2, 0.25) is 0 Å². The molecule has 6 atom stereocenters. The first-order chi connectivity index (χ1) is 12.5. The predicted molar refractivity (Wildman–Crippen MR) is 94.7 cm³/mol. The van der Waals surface area contributed by atoms with Crippen LogP contribution >= 0.6 is 11.6 Å². The highest BCUT2D eigenvalue weighted by molar-refractivity contribution is 6.30. The van der Waals surface area contributed by atoms with Crippen molar-refractivity contribution in [3.63, 3.8) is 0 Å². The lowest BCUT2D eigenvalue weighted by molar-refractivity contribution is -0.177. The largest absolute Gasteiger partial charge is 0.446 e. The molecule has 4 aliphatic carbocycles. The summed E-state index contributed by atoms with van der Waals surface area (Å²) in [5.41, 5.74) is -0.496. The van der Waals surface area contributed by atoms with E-state index in [1.165, 1.54) is 0 Å². The van der Waals surface area contributed by atoms with E-state index in [1.807, 2.05) is 0 Å². The van der Waals surface area contributed by atoms with Crippen LogP contribution in [0.3, 0.4) is 0 Å². The maximum atomic E-state index is 12.7. The van der Waals surface area contributed by atoms with E-state index in [0.29, 0.717) is 35.9 Å². The van der Waals surface area contributed by atoms with Gasteiger partial charge in [0.1, 0.15) is 11.9 Å². The molecule has 6 nitrogen and oxygen atoms in total. The Balaban J connectivity index is 1.22. The summed E-state index contributed by atoms with van der Waals surface area (Å²) in [6, 6.07) is 0. The second-order valence-corrected chi connectivity index (χ2v) is 9.17. The van der Waals surface area contributed by atoms with E-state index in [9.17, 15) is 9.90 Å². The fourth-order valence-electron chi connectivity index (χ4n) is 5.99. The van der Waals surface area contributed by atoms with Gasteiger partial charge in [-0.3, -0.25) is 0 Å². The molecule has 5 aliphatic rings. The molecule has 1 N–H and O–H groups in total. The number of aliphatic hydroxyl groups is 1. The molecule has 0 aromatic carbocycles. The number of aromatic nitrogens is 2. The second-order valence-electron chi connectivity index (χ2n) is 8.73. The van der Waals surface area contributed by atoms with Crippen molar-refractivity contribution in [2.75, 3.05) is 13.1 Å². The van der Waals surface area contributed by atoms with Crippen molar-refractivity contribution in [1.29, 1.82) is 0 Å². The lowest BCUT2D eigenvalue weighted by Gasteiger charge is -2.57. The van der Waals surface area contributed by atoms with Gasteiger partial charge >= 0.3 is 6.09 Å². The van der Waals surface area contributed by atoms with Crippen LogP contribution in [0.2, 0.25) is 5.02 Å². The maximum Gasteiger partial charge on any atom is 0.410 e. The molecular weight excluding hydrogens is 354 g/mol. The number of rotatable bonds is 2. The van der Waals surface area contributed by atoms with Crippen LogP contribution in [0.15, 0.2) is 12.4 Å². The predicted octanol–water partition coefficient (Wildman–Crippen LogP) is 3.00. The normalized spacial score (nSPS) is 40.8. The minimum atomic E-state index is -0.496. The number of likely N-dealkylation sites (tertiary alicyclic amines) is 1. The molecule has 7 heteroatoms. The Hall–Kier alpha value is -1.40. The maximum absolute atomic E-state index is 12.7. The van der Waals surface area contributed by atoms with Crippen molar-refractivity contribution >= 4 is 17.7 Å². The summed E-state index contributed by atoms with van der Waals surface area (Å²) in [6.45, 7) is 1.26. The summed E-state index contributed by atoms with van der Waals surface area (Å²) in [4.78, 5) is 23.1. The van der Waals surface area contributed by atoms with E-state index in [4.69, 9.17) is 16.3 Å². The van der Waals surface area contributed by atoms with E-state index in [-0.39, 0.29) is 18.1 Å². The summed E-state index contributed by atoms with van der Waals surface area (Å²) in [5, 5.41) is 11.2. The number of hydrogen-bond donors (Lipinski definition) is 1. The molecule has 1 saturated heterocycles. The van der Waals surface area contributed by atoms with Gasteiger partial charge < -0.3 is 14.7 Å². The molecule has 0 radical (unpaired) electrons. The Bertz CT molecular complexity index is 696. The second kappa shape index (κ2) is 6.06. The van der Waals surface area contributed by atoms with E-state index in [2.05, 4.69) is 9.97 Å². The average Bonchev–Trinajstić information content (AvgIpc) is 3.07. The molecule has 140 valence electrons. The Labute approximate surface area is 157 Å². The SMILES string of the molecule is O=C(OC1[C@@H]2CC3C[C@H]1CC(O)(C3)C2)N1CCC(c2ncc(Cl)cn2)C1. The van der Waals surface area contributed by atoms with E-state index in [0.717, 1.165) is 44.3 Å². The van der Waals surface area contributed by atoms with Gasteiger partial charge in [-0.1, -0.05) is 11.6 Å². The summed E-state index contributed by atoms with van der Waals surface area (Å²) < 4.78 is 5.97. The number of amides is 1. The van der Waals surface area contributed by atoms with Crippen LogP contribution in [-0.2, 0) is 4.74 Å². The Morgan fingerprint density at radius 1 is 1.23 bits per heavy atom. The van der Waals surface area contributed by atoms with E-state index >= 15 is 0 Å². The van der Waals surface area contributed by atoms with Crippen molar-refractivity contribution in [2.24, 2.45) is 17.8 Å². The molecule has 2 heterocycles.